The highest BCUT2D eigenvalue weighted by Gasteiger charge is 2.13. The molecule has 0 radical (unpaired) electrons. The first-order chi connectivity index (χ1) is 7.06. The monoisotopic (exact) mass is 244 g/mol. The Labute approximate surface area is 100 Å². The zero-order valence-corrected chi connectivity index (χ0v) is 10.1. The molecule has 0 fully saturated rings. The SMILES string of the molecule is C=C(CC)CC(O)c1cccc(Cl)c1Cl. The van der Waals surface area contributed by atoms with Gasteiger partial charge in [-0.05, 0) is 18.9 Å². The number of aliphatic hydroxyl groups is 1. The number of halogens is 2. The second kappa shape index (κ2) is 5.55. The minimum atomic E-state index is -0.622. The second-order valence-electron chi connectivity index (χ2n) is 3.47. The van der Waals surface area contributed by atoms with E-state index in [1.807, 2.05) is 6.92 Å². The van der Waals surface area contributed by atoms with Gasteiger partial charge in [-0.1, -0.05) is 54.4 Å². The first-order valence-corrected chi connectivity index (χ1v) is 5.60. The van der Waals surface area contributed by atoms with E-state index in [-0.39, 0.29) is 0 Å². The van der Waals surface area contributed by atoms with Gasteiger partial charge in [-0.3, -0.25) is 0 Å². The normalized spacial score (nSPS) is 12.5. The summed E-state index contributed by atoms with van der Waals surface area (Å²) in [6.07, 6.45) is 0.759. The molecule has 82 valence electrons. The first-order valence-electron chi connectivity index (χ1n) is 4.84. The van der Waals surface area contributed by atoms with Gasteiger partial charge >= 0.3 is 0 Å². The highest BCUT2D eigenvalue weighted by Crippen LogP contribution is 2.32. The standard InChI is InChI=1S/C12H14Cl2O/c1-3-8(2)7-11(15)9-5-4-6-10(13)12(9)14/h4-6,11,15H,2-3,7H2,1H3. The van der Waals surface area contributed by atoms with Crippen LogP contribution in [0.1, 0.15) is 31.4 Å². The molecule has 0 spiro atoms. The molecule has 0 aliphatic carbocycles. The van der Waals surface area contributed by atoms with Crippen molar-refractivity contribution in [3.05, 3.63) is 46.0 Å². The fourth-order valence-electron chi connectivity index (χ4n) is 1.31. The topological polar surface area (TPSA) is 20.2 Å². The third-order valence-corrected chi connectivity index (χ3v) is 3.16. The van der Waals surface area contributed by atoms with Crippen molar-refractivity contribution < 1.29 is 5.11 Å². The third-order valence-electron chi connectivity index (χ3n) is 2.32. The maximum absolute atomic E-state index is 9.92. The smallest absolute Gasteiger partial charge is 0.0841 e. The first kappa shape index (κ1) is 12.6. The highest BCUT2D eigenvalue weighted by atomic mass is 35.5. The van der Waals surface area contributed by atoms with E-state index >= 15 is 0 Å². The molecule has 0 heterocycles. The Kier molecular flexibility index (Phi) is 4.65. The second-order valence-corrected chi connectivity index (χ2v) is 4.25. The van der Waals surface area contributed by atoms with Crippen molar-refractivity contribution >= 4 is 23.2 Å². The molecule has 1 unspecified atom stereocenters. The number of rotatable bonds is 4. The summed E-state index contributed by atoms with van der Waals surface area (Å²) in [5.74, 6) is 0. The summed E-state index contributed by atoms with van der Waals surface area (Å²) < 4.78 is 0. The van der Waals surface area contributed by atoms with Gasteiger partial charge in [0.25, 0.3) is 0 Å². The molecule has 1 aromatic rings. The fraction of sp³-hybridized carbons (Fsp3) is 0.333. The molecule has 1 nitrogen and oxygen atoms in total. The average molecular weight is 245 g/mol. The van der Waals surface area contributed by atoms with E-state index in [4.69, 9.17) is 23.2 Å². The van der Waals surface area contributed by atoms with Crippen molar-refractivity contribution in [3.63, 3.8) is 0 Å². The van der Waals surface area contributed by atoms with Crippen LogP contribution in [-0.2, 0) is 0 Å². The van der Waals surface area contributed by atoms with E-state index in [1.165, 1.54) is 0 Å². The summed E-state index contributed by atoms with van der Waals surface area (Å²) in [5, 5.41) is 10.8. The van der Waals surface area contributed by atoms with Crippen molar-refractivity contribution in [3.8, 4) is 0 Å². The molecule has 0 aliphatic rings. The number of hydrogen-bond acceptors (Lipinski definition) is 1. The lowest BCUT2D eigenvalue weighted by Gasteiger charge is -2.14. The summed E-state index contributed by atoms with van der Waals surface area (Å²) >= 11 is 11.9. The molecule has 0 aliphatic heterocycles. The zero-order chi connectivity index (χ0) is 11.4. The number of hydrogen-bond donors (Lipinski definition) is 1. The van der Waals surface area contributed by atoms with Crippen LogP contribution in [0.5, 0.6) is 0 Å². The van der Waals surface area contributed by atoms with Crippen molar-refractivity contribution in [1.82, 2.24) is 0 Å². The minimum Gasteiger partial charge on any atom is -0.388 e. The van der Waals surface area contributed by atoms with Crippen LogP contribution >= 0.6 is 23.2 Å². The van der Waals surface area contributed by atoms with Gasteiger partial charge in [-0.2, -0.15) is 0 Å². The maximum atomic E-state index is 9.92. The van der Waals surface area contributed by atoms with E-state index in [9.17, 15) is 5.11 Å². The molecule has 0 aromatic heterocycles. The lowest BCUT2D eigenvalue weighted by atomic mass is 10.0. The molecule has 3 heteroatoms. The maximum Gasteiger partial charge on any atom is 0.0841 e. The predicted molar refractivity (Wildman–Crippen MR) is 65.5 cm³/mol. The Balaban J connectivity index is 2.86. The van der Waals surface area contributed by atoms with Crippen molar-refractivity contribution in [2.24, 2.45) is 0 Å². The highest BCUT2D eigenvalue weighted by molar-refractivity contribution is 6.42. The van der Waals surface area contributed by atoms with Gasteiger partial charge in [-0.25, -0.2) is 0 Å². The van der Waals surface area contributed by atoms with Crippen LogP contribution in [-0.4, -0.2) is 5.11 Å². The van der Waals surface area contributed by atoms with E-state index in [0.717, 1.165) is 12.0 Å². The molecule has 1 rings (SSSR count). The summed E-state index contributed by atoms with van der Waals surface area (Å²) in [6, 6.07) is 5.26. The lowest BCUT2D eigenvalue weighted by molar-refractivity contribution is 0.177. The Hall–Kier alpha value is -0.500. The molecular weight excluding hydrogens is 231 g/mol. The summed E-state index contributed by atoms with van der Waals surface area (Å²) in [5.41, 5.74) is 1.66. The lowest BCUT2D eigenvalue weighted by Crippen LogP contribution is -1.99. The van der Waals surface area contributed by atoms with E-state index in [1.54, 1.807) is 18.2 Å². The van der Waals surface area contributed by atoms with E-state index in [2.05, 4.69) is 6.58 Å². The molecule has 1 aromatic carbocycles. The van der Waals surface area contributed by atoms with Crippen LogP contribution in [0.4, 0.5) is 0 Å². The van der Waals surface area contributed by atoms with Crippen LogP contribution in [0.25, 0.3) is 0 Å². The van der Waals surface area contributed by atoms with Gasteiger partial charge in [0.2, 0.25) is 0 Å². The Bertz CT molecular complexity index is 361. The van der Waals surface area contributed by atoms with E-state index in [0.29, 0.717) is 22.0 Å². The zero-order valence-electron chi connectivity index (χ0n) is 8.63. The van der Waals surface area contributed by atoms with Crippen LogP contribution in [0.15, 0.2) is 30.4 Å². The third kappa shape index (κ3) is 3.23. The quantitative estimate of drug-likeness (QED) is 0.780. The predicted octanol–water partition coefficient (Wildman–Crippen LogP) is 4.38. The van der Waals surface area contributed by atoms with Gasteiger partial charge in [0, 0.05) is 5.56 Å². The number of benzene rings is 1. The van der Waals surface area contributed by atoms with Crippen LogP contribution in [0.3, 0.4) is 0 Å². The summed E-state index contributed by atoms with van der Waals surface area (Å²) in [6.45, 7) is 5.86. The van der Waals surface area contributed by atoms with E-state index < -0.39 is 6.10 Å². The van der Waals surface area contributed by atoms with Crippen LogP contribution in [0, 0.1) is 0 Å². The van der Waals surface area contributed by atoms with Crippen molar-refractivity contribution in [2.45, 2.75) is 25.9 Å². The average Bonchev–Trinajstić information content (AvgIpc) is 2.21. The Morgan fingerprint density at radius 2 is 2.13 bits per heavy atom. The van der Waals surface area contributed by atoms with Crippen molar-refractivity contribution in [1.29, 1.82) is 0 Å². The summed E-state index contributed by atoms with van der Waals surface area (Å²) in [4.78, 5) is 0. The molecule has 0 amide bonds. The van der Waals surface area contributed by atoms with Crippen LogP contribution < -0.4 is 0 Å². The molecular formula is C12H14Cl2O. The molecule has 0 saturated heterocycles. The molecule has 1 atom stereocenters. The van der Waals surface area contributed by atoms with Gasteiger partial charge in [0.1, 0.15) is 0 Å². The van der Waals surface area contributed by atoms with Crippen molar-refractivity contribution in [2.75, 3.05) is 0 Å². The largest absolute Gasteiger partial charge is 0.388 e. The van der Waals surface area contributed by atoms with Gasteiger partial charge in [-0.15, -0.1) is 0 Å². The van der Waals surface area contributed by atoms with Gasteiger partial charge in [0.05, 0.1) is 16.1 Å². The molecule has 15 heavy (non-hydrogen) atoms. The fourth-order valence-corrected chi connectivity index (χ4v) is 1.74. The van der Waals surface area contributed by atoms with Crippen LogP contribution in [0.2, 0.25) is 10.0 Å². The molecule has 1 N–H and O–H groups in total. The molecule has 0 saturated carbocycles. The Morgan fingerprint density at radius 3 is 2.73 bits per heavy atom. The number of aliphatic hydroxyl groups excluding tert-OH is 1. The van der Waals surface area contributed by atoms with Gasteiger partial charge in [0.15, 0.2) is 0 Å². The minimum absolute atomic E-state index is 0.426. The molecule has 0 bridgehead atoms. The van der Waals surface area contributed by atoms with Gasteiger partial charge < -0.3 is 5.11 Å². The Morgan fingerprint density at radius 1 is 1.47 bits per heavy atom. The summed E-state index contributed by atoms with van der Waals surface area (Å²) in [7, 11) is 0.